The molecule has 19 heavy (non-hydrogen) atoms. The average molecular weight is 263 g/mol. The highest BCUT2D eigenvalue weighted by molar-refractivity contribution is 5.39. The van der Waals surface area contributed by atoms with E-state index in [1.807, 2.05) is 32.9 Å². The lowest BCUT2D eigenvalue weighted by Crippen LogP contribution is -2.37. The molecule has 0 bridgehead atoms. The number of ether oxygens (including phenoxy) is 1. The zero-order valence-corrected chi connectivity index (χ0v) is 12.1. The first-order chi connectivity index (χ1) is 8.90. The fourth-order valence-electron chi connectivity index (χ4n) is 2.30. The largest absolute Gasteiger partial charge is 0.491 e. The van der Waals surface area contributed by atoms with Crippen LogP contribution in [0.15, 0.2) is 18.2 Å². The Bertz CT molecular complexity index is 440. The number of fused-ring (bicyclic) bond motifs is 1. The van der Waals surface area contributed by atoms with Crippen LogP contribution in [0.25, 0.3) is 0 Å². The molecule has 1 aromatic carbocycles. The van der Waals surface area contributed by atoms with E-state index in [-0.39, 0.29) is 12.0 Å². The maximum Gasteiger partial charge on any atom is 0.119 e. The third kappa shape index (κ3) is 3.28. The molecule has 2 atom stereocenters. The molecule has 1 unspecified atom stereocenters. The van der Waals surface area contributed by atoms with Crippen LogP contribution >= 0.6 is 0 Å². The molecule has 1 aliphatic rings. The van der Waals surface area contributed by atoms with Crippen molar-refractivity contribution in [2.75, 3.05) is 6.61 Å². The maximum atomic E-state index is 10.2. The molecule has 0 spiro atoms. The van der Waals surface area contributed by atoms with Crippen molar-refractivity contribution in [2.45, 2.75) is 51.7 Å². The molecule has 0 heterocycles. The Balaban J connectivity index is 2.08. The Morgan fingerprint density at radius 1 is 1.47 bits per heavy atom. The predicted molar refractivity (Wildman–Crippen MR) is 77.3 cm³/mol. The van der Waals surface area contributed by atoms with E-state index < -0.39 is 5.60 Å². The van der Waals surface area contributed by atoms with Crippen LogP contribution in [0.2, 0.25) is 0 Å². The Morgan fingerprint density at radius 2 is 2.21 bits per heavy atom. The van der Waals surface area contributed by atoms with Crippen LogP contribution in [0.1, 0.15) is 50.8 Å². The molecule has 3 N–H and O–H groups in total. The van der Waals surface area contributed by atoms with E-state index in [2.05, 4.69) is 6.07 Å². The first-order valence-corrected chi connectivity index (χ1v) is 7.14. The van der Waals surface area contributed by atoms with E-state index in [0.29, 0.717) is 6.61 Å². The number of hydrogen-bond acceptors (Lipinski definition) is 3. The summed E-state index contributed by atoms with van der Waals surface area (Å²) in [6.45, 7) is 6.10. The van der Waals surface area contributed by atoms with Gasteiger partial charge in [-0.3, -0.25) is 0 Å². The Kier molecular flexibility index (Phi) is 4.16. The summed E-state index contributed by atoms with van der Waals surface area (Å²) in [7, 11) is 0. The molecule has 3 nitrogen and oxygen atoms in total. The first-order valence-electron chi connectivity index (χ1n) is 7.14. The van der Waals surface area contributed by atoms with Gasteiger partial charge in [-0.15, -0.1) is 0 Å². The van der Waals surface area contributed by atoms with Crippen molar-refractivity contribution in [1.82, 2.24) is 0 Å². The molecule has 1 aliphatic carbocycles. The third-order valence-electron chi connectivity index (χ3n) is 4.25. The Hall–Kier alpha value is -1.06. The summed E-state index contributed by atoms with van der Waals surface area (Å²) in [5, 5.41) is 10.2. The van der Waals surface area contributed by atoms with Gasteiger partial charge in [0.05, 0.1) is 5.60 Å². The van der Waals surface area contributed by atoms with Gasteiger partial charge in [0.1, 0.15) is 12.4 Å². The summed E-state index contributed by atoms with van der Waals surface area (Å²) >= 11 is 0. The van der Waals surface area contributed by atoms with Crippen molar-refractivity contribution >= 4 is 0 Å². The zero-order valence-electron chi connectivity index (χ0n) is 12.1. The lowest BCUT2D eigenvalue weighted by Gasteiger charge is -2.28. The highest BCUT2D eigenvalue weighted by Crippen LogP contribution is 2.31. The Morgan fingerprint density at radius 3 is 2.89 bits per heavy atom. The quantitative estimate of drug-likeness (QED) is 0.878. The van der Waals surface area contributed by atoms with Crippen LogP contribution in [0.3, 0.4) is 0 Å². The van der Waals surface area contributed by atoms with Gasteiger partial charge in [0.15, 0.2) is 0 Å². The minimum absolute atomic E-state index is 0.123. The summed E-state index contributed by atoms with van der Waals surface area (Å²) < 4.78 is 5.74. The van der Waals surface area contributed by atoms with Crippen LogP contribution in [-0.4, -0.2) is 17.3 Å². The lowest BCUT2D eigenvalue weighted by atomic mass is 9.88. The highest BCUT2D eigenvalue weighted by Gasteiger charge is 2.26. The van der Waals surface area contributed by atoms with Crippen LogP contribution in [0.5, 0.6) is 5.75 Å². The summed E-state index contributed by atoms with van der Waals surface area (Å²) in [4.78, 5) is 0. The number of rotatable bonds is 4. The van der Waals surface area contributed by atoms with Crippen molar-refractivity contribution in [3.63, 3.8) is 0 Å². The SMILES string of the molecule is CC(C)C(C)(O)COc1ccc2c(c1)[C@H](N)CCC2. The van der Waals surface area contributed by atoms with Gasteiger partial charge >= 0.3 is 0 Å². The lowest BCUT2D eigenvalue weighted by molar-refractivity contribution is -0.0266. The number of benzene rings is 1. The second-order valence-corrected chi connectivity index (χ2v) is 6.16. The Labute approximate surface area is 115 Å². The van der Waals surface area contributed by atoms with E-state index in [1.54, 1.807) is 0 Å². The van der Waals surface area contributed by atoms with Crippen molar-refractivity contribution in [1.29, 1.82) is 0 Å². The van der Waals surface area contributed by atoms with Crippen LogP contribution < -0.4 is 10.5 Å². The van der Waals surface area contributed by atoms with Gasteiger partial charge < -0.3 is 15.6 Å². The minimum atomic E-state index is -0.808. The van der Waals surface area contributed by atoms with Gasteiger partial charge in [0.2, 0.25) is 0 Å². The molecule has 2 rings (SSSR count). The molecule has 0 aliphatic heterocycles. The number of hydrogen-bond donors (Lipinski definition) is 2. The second-order valence-electron chi connectivity index (χ2n) is 6.16. The molecule has 106 valence electrons. The summed E-state index contributed by atoms with van der Waals surface area (Å²) in [6, 6.07) is 6.24. The molecule has 1 aromatic rings. The van der Waals surface area contributed by atoms with Crippen LogP contribution in [0, 0.1) is 5.92 Å². The van der Waals surface area contributed by atoms with Gasteiger partial charge in [-0.05, 0) is 55.4 Å². The summed E-state index contributed by atoms with van der Waals surface area (Å²) in [6.07, 6.45) is 3.31. The fraction of sp³-hybridized carbons (Fsp3) is 0.625. The van der Waals surface area contributed by atoms with Crippen LogP contribution in [-0.2, 0) is 6.42 Å². The van der Waals surface area contributed by atoms with E-state index in [1.165, 1.54) is 11.1 Å². The monoisotopic (exact) mass is 263 g/mol. The predicted octanol–water partition coefficient (Wildman–Crippen LogP) is 2.81. The fourth-order valence-corrected chi connectivity index (χ4v) is 2.30. The molecule has 0 radical (unpaired) electrons. The van der Waals surface area contributed by atoms with E-state index in [9.17, 15) is 5.11 Å². The van der Waals surface area contributed by atoms with E-state index in [4.69, 9.17) is 10.5 Å². The standard InChI is InChI=1S/C16H25NO2/c1-11(2)16(3,18)10-19-13-8-7-12-5-4-6-15(17)14(12)9-13/h7-9,11,15,18H,4-6,10,17H2,1-3H3/t15-,16?/m1/s1. The molecular weight excluding hydrogens is 238 g/mol. The van der Waals surface area contributed by atoms with Crippen LogP contribution in [0.4, 0.5) is 0 Å². The van der Waals surface area contributed by atoms with E-state index in [0.717, 1.165) is 25.0 Å². The summed E-state index contributed by atoms with van der Waals surface area (Å²) in [5.74, 6) is 0.962. The molecule has 0 amide bonds. The number of aliphatic hydroxyl groups is 1. The van der Waals surface area contributed by atoms with Crippen molar-refractivity contribution < 1.29 is 9.84 Å². The van der Waals surface area contributed by atoms with Gasteiger partial charge in [0, 0.05) is 6.04 Å². The maximum absolute atomic E-state index is 10.2. The smallest absolute Gasteiger partial charge is 0.119 e. The molecule has 0 aromatic heterocycles. The average Bonchev–Trinajstić information content (AvgIpc) is 2.37. The molecule has 0 fully saturated rings. The molecule has 3 heteroatoms. The molecular formula is C16H25NO2. The first kappa shape index (κ1) is 14.4. The van der Waals surface area contributed by atoms with E-state index >= 15 is 0 Å². The third-order valence-corrected chi connectivity index (χ3v) is 4.25. The number of nitrogens with two attached hydrogens (primary N) is 1. The number of aryl methyl sites for hydroxylation is 1. The normalized spacial score (nSPS) is 21.9. The van der Waals surface area contributed by atoms with Crippen molar-refractivity contribution in [3.05, 3.63) is 29.3 Å². The van der Waals surface area contributed by atoms with Crippen molar-refractivity contribution in [2.24, 2.45) is 11.7 Å². The zero-order chi connectivity index (χ0) is 14.0. The van der Waals surface area contributed by atoms with Gasteiger partial charge in [0.25, 0.3) is 0 Å². The van der Waals surface area contributed by atoms with Gasteiger partial charge in [-0.1, -0.05) is 19.9 Å². The topological polar surface area (TPSA) is 55.5 Å². The minimum Gasteiger partial charge on any atom is -0.491 e. The van der Waals surface area contributed by atoms with Gasteiger partial charge in [-0.25, -0.2) is 0 Å². The summed E-state index contributed by atoms with van der Waals surface area (Å²) in [5.41, 5.74) is 7.87. The molecule has 0 saturated carbocycles. The van der Waals surface area contributed by atoms with Gasteiger partial charge in [-0.2, -0.15) is 0 Å². The highest BCUT2D eigenvalue weighted by atomic mass is 16.5. The molecule has 0 saturated heterocycles. The van der Waals surface area contributed by atoms with Crippen molar-refractivity contribution in [3.8, 4) is 5.75 Å². The second kappa shape index (κ2) is 5.51.